The summed E-state index contributed by atoms with van der Waals surface area (Å²) >= 11 is 0. The van der Waals surface area contributed by atoms with Crippen molar-refractivity contribution in [3.63, 3.8) is 0 Å². The molecule has 0 spiro atoms. The maximum Gasteiger partial charge on any atom is 0.256 e. The van der Waals surface area contributed by atoms with Crippen LogP contribution in [0.25, 0.3) is 11.0 Å². The Bertz CT molecular complexity index is 635. The van der Waals surface area contributed by atoms with Crippen LogP contribution in [0.1, 0.15) is 36.0 Å². The Morgan fingerprint density at radius 3 is 2.81 bits per heavy atom. The molecule has 1 heterocycles. The van der Waals surface area contributed by atoms with E-state index in [0.29, 0.717) is 30.1 Å². The fourth-order valence-corrected chi connectivity index (χ4v) is 2.71. The second kappa shape index (κ2) is 6.18. The molecule has 1 N–H and O–H groups in total. The summed E-state index contributed by atoms with van der Waals surface area (Å²) in [6.45, 7) is 0.697. The van der Waals surface area contributed by atoms with Crippen molar-refractivity contribution in [2.24, 2.45) is 0 Å². The third-order valence-electron chi connectivity index (χ3n) is 4.06. The highest BCUT2D eigenvalue weighted by atomic mass is 16.3. The molecule has 1 aliphatic rings. The first-order valence-electron chi connectivity index (χ1n) is 7.43. The molecular weight excluding hydrogens is 266 g/mol. The normalized spacial score (nSPS) is 14.9. The second-order valence-corrected chi connectivity index (χ2v) is 5.39. The van der Waals surface area contributed by atoms with Gasteiger partial charge in [-0.15, -0.1) is 0 Å². The van der Waals surface area contributed by atoms with Gasteiger partial charge in [0.05, 0.1) is 11.1 Å². The Morgan fingerprint density at radius 2 is 2.10 bits per heavy atom. The Labute approximate surface area is 123 Å². The highest BCUT2D eigenvalue weighted by Crippen LogP contribution is 2.27. The topological polar surface area (TPSA) is 66.3 Å². The molecule has 0 radical (unpaired) electrons. The smallest absolute Gasteiger partial charge is 0.256 e. The van der Waals surface area contributed by atoms with Crippen molar-refractivity contribution in [3.05, 3.63) is 36.2 Å². The van der Waals surface area contributed by atoms with Gasteiger partial charge in [0.1, 0.15) is 5.52 Å². The molecule has 0 unspecified atom stereocenters. The first kappa shape index (κ1) is 13.9. The lowest BCUT2D eigenvalue weighted by molar-refractivity contribution is 0.0564. The molecule has 5 heteroatoms. The lowest BCUT2D eigenvalue weighted by atomic mass is 9.90. The van der Waals surface area contributed by atoms with E-state index in [1.54, 1.807) is 12.4 Å². The maximum atomic E-state index is 12.9. The van der Waals surface area contributed by atoms with E-state index in [2.05, 4.69) is 9.97 Å². The molecule has 1 aromatic carbocycles. The van der Waals surface area contributed by atoms with Crippen molar-refractivity contribution in [2.45, 2.75) is 31.7 Å². The van der Waals surface area contributed by atoms with Crippen LogP contribution >= 0.6 is 0 Å². The highest BCUT2D eigenvalue weighted by molar-refractivity contribution is 6.04. The van der Waals surface area contributed by atoms with E-state index in [4.69, 9.17) is 5.11 Å². The first-order valence-corrected chi connectivity index (χ1v) is 7.43. The molecule has 1 amide bonds. The molecule has 5 nitrogen and oxygen atoms in total. The van der Waals surface area contributed by atoms with Gasteiger partial charge in [-0.3, -0.25) is 14.8 Å². The number of carbonyl (C=O) groups excluding carboxylic acids is 1. The molecule has 3 rings (SSSR count). The van der Waals surface area contributed by atoms with Gasteiger partial charge in [0.2, 0.25) is 0 Å². The van der Waals surface area contributed by atoms with Gasteiger partial charge in [0.15, 0.2) is 0 Å². The first-order chi connectivity index (χ1) is 10.3. The van der Waals surface area contributed by atoms with Crippen molar-refractivity contribution in [1.29, 1.82) is 0 Å². The average Bonchev–Trinajstić information content (AvgIpc) is 2.48. The van der Waals surface area contributed by atoms with E-state index in [0.717, 1.165) is 18.4 Å². The number of amides is 1. The SMILES string of the molecule is O=C(c1cccc2nccnc12)N(CCCO)C1CCC1. The fraction of sp³-hybridized carbons (Fsp3) is 0.438. The van der Waals surface area contributed by atoms with Crippen LogP contribution in [0.2, 0.25) is 0 Å². The van der Waals surface area contributed by atoms with E-state index in [1.807, 2.05) is 23.1 Å². The zero-order valence-electron chi connectivity index (χ0n) is 11.9. The van der Waals surface area contributed by atoms with Crippen LogP contribution in [0.4, 0.5) is 0 Å². The van der Waals surface area contributed by atoms with Gasteiger partial charge >= 0.3 is 0 Å². The summed E-state index contributed by atoms with van der Waals surface area (Å²) in [4.78, 5) is 23.3. The van der Waals surface area contributed by atoms with Gasteiger partial charge < -0.3 is 10.0 Å². The zero-order chi connectivity index (χ0) is 14.7. The van der Waals surface area contributed by atoms with Crippen molar-refractivity contribution >= 4 is 16.9 Å². The maximum absolute atomic E-state index is 12.9. The van der Waals surface area contributed by atoms with Gasteiger partial charge in [0.25, 0.3) is 5.91 Å². The number of hydrogen-bond acceptors (Lipinski definition) is 4. The predicted octanol–water partition coefficient (Wildman–Crippen LogP) is 2.01. The number of rotatable bonds is 5. The number of aliphatic hydroxyl groups excluding tert-OH is 1. The molecule has 1 aromatic heterocycles. The molecule has 21 heavy (non-hydrogen) atoms. The molecule has 1 saturated carbocycles. The monoisotopic (exact) mass is 285 g/mol. The van der Waals surface area contributed by atoms with Crippen LogP contribution in [-0.2, 0) is 0 Å². The summed E-state index contributed by atoms with van der Waals surface area (Å²) in [6, 6.07) is 5.82. The third-order valence-corrected chi connectivity index (χ3v) is 4.06. The zero-order valence-corrected chi connectivity index (χ0v) is 11.9. The molecule has 110 valence electrons. The number of benzene rings is 1. The van der Waals surface area contributed by atoms with E-state index < -0.39 is 0 Å². The standard InChI is InChI=1S/C16H19N3O2/c20-11-3-10-19(12-4-1-5-12)16(21)13-6-2-7-14-15(13)18-9-8-17-14/h2,6-9,12,20H,1,3-5,10-11H2. The molecule has 0 bridgehead atoms. The number of para-hydroxylation sites is 1. The van der Waals surface area contributed by atoms with Crippen molar-refractivity contribution in [1.82, 2.24) is 14.9 Å². The number of hydrogen-bond donors (Lipinski definition) is 1. The predicted molar refractivity (Wildman–Crippen MR) is 79.9 cm³/mol. The van der Waals surface area contributed by atoms with E-state index in [1.165, 1.54) is 6.42 Å². The minimum Gasteiger partial charge on any atom is -0.396 e. The fourth-order valence-electron chi connectivity index (χ4n) is 2.71. The molecule has 0 saturated heterocycles. The van der Waals surface area contributed by atoms with Crippen LogP contribution in [0.15, 0.2) is 30.6 Å². The molecular formula is C16H19N3O2. The number of nitrogens with zero attached hydrogens (tertiary/aromatic N) is 3. The van der Waals surface area contributed by atoms with E-state index in [9.17, 15) is 4.79 Å². The van der Waals surface area contributed by atoms with Crippen molar-refractivity contribution in [2.75, 3.05) is 13.2 Å². The Hall–Kier alpha value is -2.01. The quantitative estimate of drug-likeness (QED) is 0.912. The molecule has 0 aliphatic heterocycles. The van der Waals surface area contributed by atoms with Crippen LogP contribution in [0, 0.1) is 0 Å². The summed E-state index contributed by atoms with van der Waals surface area (Å²) in [6.07, 6.45) is 7.12. The van der Waals surface area contributed by atoms with Gasteiger partial charge in [-0.2, -0.15) is 0 Å². The molecule has 0 atom stereocenters. The minimum atomic E-state index is -0.000694. The van der Waals surface area contributed by atoms with Crippen molar-refractivity contribution in [3.8, 4) is 0 Å². The summed E-state index contributed by atoms with van der Waals surface area (Å²) < 4.78 is 0. The van der Waals surface area contributed by atoms with Crippen LogP contribution < -0.4 is 0 Å². The second-order valence-electron chi connectivity index (χ2n) is 5.39. The molecule has 1 aliphatic carbocycles. The van der Waals surface area contributed by atoms with E-state index in [-0.39, 0.29) is 12.5 Å². The van der Waals surface area contributed by atoms with Crippen molar-refractivity contribution < 1.29 is 9.90 Å². The minimum absolute atomic E-state index is 0.000694. The Balaban J connectivity index is 1.93. The third kappa shape index (κ3) is 2.74. The number of carbonyl (C=O) groups is 1. The summed E-state index contributed by atoms with van der Waals surface area (Å²) in [5.41, 5.74) is 1.99. The highest BCUT2D eigenvalue weighted by Gasteiger charge is 2.29. The summed E-state index contributed by atoms with van der Waals surface area (Å²) in [5, 5.41) is 9.05. The molecule has 2 aromatic rings. The van der Waals surface area contributed by atoms with Gasteiger partial charge in [-0.05, 0) is 37.8 Å². The Morgan fingerprint density at radius 1 is 1.29 bits per heavy atom. The lowest BCUT2D eigenvalue weighted by Crippen LogP contribution is -2.45. The Kier molecular flexibility index (Phi) is 4.10. The van der Waals surface area contributed by atoms with Gasteiger partial charge in [0, 0.05) is 31.6 Å². The summed E-state index contributed by atoms with van der Waals surface area (Å²) in [7, 11) is 0. The lowest BCUT2D eigenvalue weighted by Gasteiger charge is -2.37. The van der Waals surface area contributed by atoms with Crippen LogP contribution in [0.5, 0.6) is 0 Å². The number of aromatic nitrogens is 2. The van der Waals surface area contributed by atoms with Crippen LogP contribution in [0.3, 0.4) is 0 Å². The van der Waals surface area contributed by atoms with E-state index >= 15 is 0 Å². The van der Waals surface area contributed by atoms with Crippen LogP contribution in [-0.4, -0.2) is 45.1 Å². The van der Waals surface area contributed by atoms with Gasteiger partial charge in [-0.25, -0.2) is 0 Å². The summed E-state index contributed by atoms with van der Waals surface area (Å²) in [5.74, 6) is -0.000694. The number of fused-ring (bicyclic) bond motifs is 1. The molecule has 1 fully saturated rings. The van der Waals surface area contributed by atoms with Gasteiger partial charge in [-0.1, -0.05) is 6.07 Å². The largest absolute Gasteiger partial charge is 0.396 e. The average molecular weight is 285 g/mol. The number of aliphatic hydroxyl groups is 1.